The Morgan fingerprint density at radius 1 is 1.07 bits per heavy atom. The lowest BCUT2D eigenvalue weighted by molar-refractivity contribution is -0.137. The molecule has 2 rings (SSSR count). The Morgan fingerprint density at radius 2 is 1.78 bits per heavy atom. The van der Waals surface area contributed by atoms with Crippen LogP contribution in [0, 0.1) is 11.8 Å². The number of anilines is 1. The highest BCUT2D eigenvalue weighted by Gasteiger charge is 2.30. The summed E-state index contributed by atoms with van der Waals surface area (Å²) >= 11 is 0. The molecule has 0 aliphatic heterocycles. The van der Waals surface area contributed by atoms with Gasteiger partial charge in [-0.1, -0.05) is 30.0 Å². The van der Waals surface area contributed by atoms with E-state index < -0.39 is 11.7 Å². The largest absolute Gasteiger partial charge is 0.416 e. The molecular formula is C20H17F3N2O2. The van der Waals surface area contributed by atoms with E-state index in [-0.39, 0.29) is 30.3 Å². The van der Waals surface area contributed by atoms with Crippen LogP contribution < -0.4 is 10.6 Å². The van der Waals surface area contributed by atoms with E-state index in [0.717, 1.165) is 17.7 Å². The maximum absolute atomic E-state index is 12.6. The molecule has 0 unspecified atom stereocenters. The van der Waals surface area contributed by atoms with Crippen molar-refractivity contribution in [2.75, 3.05) is 11.9 Å². The fourth-order valence-corrected chi connectivity index (χ4v) is 2.22. The van der Waals surface area contributed by atoms with Gasteiger partial charge in [-0.05, 0) is 35.9 Å². The fourth-order valence-electron chi connectivity index (χ4n) is 2.22. The lowest BCUT2D eigenvalue weighted by atomic mass is 10.1. The lowest BCUT2D eigenvalue weighted by Crippen LogP contribution is -2.25. The highest BCUT2D eigenvalue weighted by atomic mass is 19.4. The molecule has 0 radical (unpaired) electrons. The van der Waals surface area contributed by atoms with Crippen molar-refractivity contribution in [2.45, 2.75) is 19.5 Å². The number of carbonyl (C=O) groups excluding carboxylic acids is 2. The van der Waals surface area contributed by atoms with Gasteiger partial charge in [0.2, 0.25) is 11.8 Å². The highest BCUT2D eigenvalue weighted by Crippen LogP contribution is 2.29. The maximum Gasteiger partial charge on any atom is 0.416 e. The second-order valence-corrected chi connectivity index (χ2v) is 5.71. The quantitative estimate of drug-likeness (QED) is 0.807. The summed E-state index contributed by atoms with van der Waals surface area (Å²) in [6.45, 7) is 1.43. The van der Waals surface area contributed by atoms with Gasteiger partial charge >= 0.3 is 6.18 Å². The molecule has 0 aromatic heterocycles. The van der Waals surface area contributed by atoms with E-state index in [9.17, 15) is 22.8 Å². The average Bonchev–Trinajstić information content (AvgIpc) is 2.59. The van der Waals surface area contributed by atoms with E-state index in [1.54, 1.807) is 24.3 Å². The zero-order valence-electron chi connectivity index (χ0n) is 14.5. The Bertz CT molecular complexity index is 879. The summed E-state index contributed by atoms with van der Waals surface area (Å²) < 4.78 is 37.9. The fraction of sp³-hybridized carbons (Fsp3) is 0.200. The van der Waals surface area contributed by atoms with Gasteiger partial charge in [0.25, 0.3) is 0 Å². The number of amides is 2. The van der Waals surface area contributed by atoms with Gasteiger partial charge in [-0.15, -0.1) is 0 Å². The Kier molecular flexibility index (Phi) is 6.61. The van der Waals surface area contributed by atoms with Crippen molar-refractivity contribution in [1.82, 2.24) is 5.32 Å². The number of hydrogen-bond acceptors (Lipinski definition) is 2. The van der Waals surface area contributed by atoms with E-state index in [1.165, 1.54) is 19.1 Å². The molecule has 2 amide bonds. The van der Waals surface area contributed by atoms with E-state index in [2.05, 4.69) is 22.5 Å². The highest BCUT2D eigenvalue weighted by molar-refractivity contribution is 5.88. The molecule has 0 saturated heterocycles. The molecule has 0 fully saturated rings. The Hall–Kier alpha value is -3.27. The SMILES string of the molecule is CC(=O)Nc1ccc(CC(=O)NCC#Cc2cccc(C(F)(F)F)c2)cc1. The summed E-state index contributed by atoms with van der Waals surface area (Å²) in [5, 5.41) is 5.22. The molecule has 0 atom stereocenters. The van der Waals surface area contributed by atoms with Gasteiger partial charge in [0.15, 0.2) is 0 Å². The minimum Gasteiger partial charge on any atom is -0.345 e. The summed E-state index contributed by atoms with van der Waals surface area (Å²) in [7, 11) is 0. The van der Waals surface area contributed by atoms with E-state index in [1.807, 2.05) is 0 Å². The maximum atomic E-state index is 12.6. The Labute approximate surface area is 154 Å². The Morgan fingerprint density at radius 3 is 2.41 bits per heavy atom. The minimum absolute atomic E-state index is 0.0268. The van der Waals surface area contributed by atoms with Crippen molar-refractivity contribution in [3.63, 3.8) is 0 Å². The number of rotatable bonds is 4. The molecule has 0 saturated carbocycles. The number of benzene rings is 2. The van der Waals surface area contributed by atoms with Gasteiger partial charge in [-0.2, -0.15) is 13.2 Å². The smallest absolute Gasteiger partial charge is 0.345 e. The minimum atomic E-state index is -4.42. The normalized spacial score (nSPS) is 10.5. The first-order valence-corrected chi connectivity index (χ1v) is 8.03. The van der Waals surface area contributed by atoms with Crippen molar-refractivity contribution in [3.8, 4) is 11.8 Å². The molecule has 140 valence electrons. The number of halogens is 3. The molecule has 0 heterocycles. The predicted octanol–water partition coefficient (Wildman–Crippen LogP) is 3.37. The monoisotopic (exact) mass is 374 g/mol. The van der Waals surface area contributed by atoms with Crippen molar-refractivity contribution < 1.29 is 22.8 Å². The summed E-state index contributed by atoms with van der Waals surface area (Å²) in [6.07, 6.45) is -4.28. The topological polar surface area (TPSA) is 58.2 Å². The van der Waals surface area contributed by atoms with Crippen molar-refractivity contribution in [3.05, 3.63) is 65.2 Å². The van der Waals surface area contributed by atoms with Crippen LogP contribution in [0.2, 0.25) is 0 Å². The molecule has 4 nitrogen and oxygen atoms in total. The number of alkyl halides is 3. The van der Waals surface area contributed by atoms with E-state index in [4.69, 9.17) is 0 Å². The van der Waals surface area contributed by atoms with E-state index in [0.29, 0.717) is 5.69 Å². The van der Waals surface area contributed by atoms with Crippen LogP contribution in [-0.4, -0.2) is 18.4 Å². The zero-order chi connectivity index (χ0) is 19.9. The Balaban J connectivity index is 1.85. The number of carbonyl (C=O) groups is 2. The van der Waals surface area contributed by atoms with Crippen LogP contribution in [0.3, 0.4) is 0 Å². The second-order valence-electron chi connectivity index (χ2n) is 5.71. The van der Waals surface area contributed by atoms with Crippen molar-refractivity contribution in [2.24, 2.45) is 0 Å². The van der Waals surface area contributed by atoms with Gasteiger partial charge in [-0.3, -0.25) is 9.59 Å². The van der Waals surface area contributed by atoms with E-state index >= 15 is 0 Å². The number of nitrogens with one attached hydrogen (secondary N) is 2. The van der Waals surface area contributed by atoms with Crippen LogP contribution in [0.15, 0.2) is 48.5 Å². The second kappa shape index (κ2) is 8.90. The molecule has 0 aliphatic carbocycles. The number of hydrogen-bond donors (Lipinski definition) is 2. The molecular weight excluding hydrogens is 357 g/mol. The summed E-state index contributed by atoms with van der Waals surface area (Å²) in [6, 6.07) is 11.5. The summed E-state index contributed by atoms with van der Waals surface area (Å²) in [5.41, 5.74) is 0.861. The molecule has 2 aromatic carbocycles. The molecule has 0 bridgehead atoms. The van der Waals surface area contributed by atoms with Gasteiger partial charge in [0.1, 0.15) is 0 Å². The first-order valence-electron chi connectivity index (χ1n) is 8.03. The van der Waals surface area contributed by atoms with Crippen LogP contribution in [-0.2, 0) is 22.2 Å². The lowest BCUT2D eigenvalue weighted by Gasteiger charge is -2.06. The van der Waals surface area contributed by atoms with Gasteiger partial charge in [0.05, 0.1) is 18.5 Å². The van der Waals surface area contributed by atoms with Crippen LogP contribution in [0.25, 0.3) is 0 Å². The molecule has 0 spiro atoms. The third-order valence-electron chi connectivity index (χ3n) is 3.44. The third kappa shape index (κ3) is 6.86. The first kappa shape index (κ1) is 20.0. The predicted molar refractivity (Wildman–Crippen MR) is 95.8 cm³/mol. The van der Waals surface area contributed by atoms with Crippen LogP contribution >= 0.6 is 0 Å². The van der Waals surface area contributed by atoms with Crippen LogP contribution in [0.1, 0.15) is 23.6 Å². The standard InChI is InChI=1S/C20H17F3N2O2/c1-14(26)25-18-9-7-16(8-10-18)13-19(27)24-11-3-5-15-4-2-6-17(12-15)20(21,22)23/h2,4,6-10,12H,11,13H2,1H3,(H,24,27)(H,25,26). The molecule has 7 heteroatoms. The van der Waals surface area contributed by atoms with Gasteiger partial charge in [0, 0.05) is 18.2 Å². The van der Waals surface area contributed by atoms with Gasteiger partial charge < -0.3 is 10.6 Å². The molecule has 2 aromatic rings. The van der Waals surface area contributed by atoms with Crippen LogP contribution in [0.5, 0.6) is 0 Å². The van der Waals surface area contributed by atoms with Crippen molar-refractivity contribution in [1.29, 1.82) is 0 Å². The summed E-state index contributed by atoms with van der Waals surface area (Å²) in [4.78, 5) is 22.8. The van der Waals surface area contributed by atoms with Crippen LogP contribution in [0.4, 0.5) is 18.9 Å². The average molecular weight is 374 g/mol. The molecule has 27 heavy (non-hydrogen) atoms. The zero-order valence-corrected chi connectivity index (χ0v) is 14.5. The first-order chi connectivity index (χ1) is 12.7. The van der Waals surface area contributed by atoms with Crippen molar-refractivity contribution >= 4 is 17.5 Å². The third-order valence-corrected chi connectivity index (χ3v) is 3.44. The van der Waals surface area contributed by atoms with Gasteiger partial charge in [-0.25, -0.2) is 0 Å². The molecule has 0 aliphatic rings. The summed E-state index contributed by atoms with van der Waals surface area (Å²) in [5.74, 6) is 4.78. The molecule has 2 N–H and O–H groups in total.